The summed E-state index contributed by atoms with van der Waals surface area (Å²) >= 11 is 0. The van der Waals surface area contributed by atoms with Crippen LogP contribution in [0.25, 0.3) is 0 Å². The van der Waals surface area contributed by atoms with Crippen molar-refractivity contribution in [3.05, 3.63) is 35.4 Å². The van der Waals surface area contributed by atoms with Crippen LogP contribution in [0.1, 0.15) is 11.1 Å². The minimum Gasteiger partial charge on any atom is -0.375 e. The zero-order chi connectivity index (χ0) is 14.3. The van der Waals surface area contributed by atoms with Gasteiger partial charge in [-0.3, -0.25) is 4.79 Å². The number of amides is 1. The van der Waals surface area contributed by atoms with Gasteiger partial charge in [0.05, 0.1) is 12.1 Å². The summed E-state index contributed by atoms with van der Waals surface area (Å²) in [5.74, 6) is 4.78. The van der Waals surface area contributed by atoms with Crippen molar-refractivity contribution in [3.8, 4) is 11.8 Å². The molecule has 3 nitrogen and oxygen atoms in total. The number of hydrogen-bond acceptors (Lipinski definition) is 2. The fraction of sp³-hybridized carbons (Fsp3) is 0.308. The Balaban J connectivity index is 2.61. The third-order valence-electron chi connectivity index (χ3n) is 2.07. The standard InChI is InChI=1S/C13H12F3NO2/c1-19-9-12(18)17-7-3-5-10-4-2-6-11(8-10)13(14,15)16/h2,4,6,8H,7,9H2,1H3,(H,17,18). The number of carbonyl (C=O) groups excluding carboxylic acids is 1. The number of hydrogen-bond donors (Lipinski definition) is 1. The van der Waals surface area contributed by atoms with Crippen LogP contribution in [0.4, 0.5) is 13.2 Å². The first-order valence-electron chi connectivity index (χ1n) is 5.35. The maximum absolute atomic E-state index is 12.4. The molecule has 1 N–H and O–H groups in total. The van der Waals surface area contributed by atoms with E-state index in [1.165, 1.54) is 19.2 Å². The van der Waals surface area contributed by atoms with Crippen molar-refractivity contribution in [3.63, 3.8) is 0 Å². The fourth-order valence-electron chi connectivity index (χ4n) is 1.24. The van der Waals surface area contributed by atoms with E-state index in [2.05, 4.69) is 21.9 Å². The van der Waals surface area contributed by atoms with E-state index in [0.29, 0.717) is 0 Å². The van der Waals surface area contributed by atoms with Crippen LogP contribution in [0, 0.1) is 11.8 Å². The molecule has 0 spiro atoms. The molecule has 0 aliphatic rings. The lowest BCUT2D eigenvalue weighted by molar-refractivity contribution is -0.137. The van der Waals surface area contributed by atoms with E-state index >= 15 is 0 Å². The molecule has 1 aromatic rings. The highest BCUT2D eigenvalue weighted by molar-refractivity contribution is 5.77. The van der Waals surface area contributed by atoms with Gasteiger partial charge in [-0.2, -0.15) is 13.2 Å². The molecule has 0 radical (unpaired) electrons. The largest absolute Gasteiger partial charge is 0.416 e. The van der Waals surface area contributed by atoms with Gasteiger partial charge >= 0.3 is 6.18 Å². The quantitative estimate of drug-likeness (QED) is 0.852. The van der Waals surface area contributed by atoms with Crippen LogP contribution in [0.15, 0.2) is 24.3 Å². The average molecular weight is 271 g/mol. The van der Waals surface area contributed by atoms with Crippen molar-refractivity contribution in [1.82, 2.24) is 5.32 Å². The number of rotatable bonds is 3. The molecule has 0 aliphatic carbocycles. The third kappa shape index (κ3) is 5.44. The summed E-state index contributed by atoms with van der Waals surface area (Å²) in [6.07, 6.45) is -4.38. The van der Waals surface area contributed by atoms with Crippen LogP contribution in [0.2, 0.25) is 0 Å². The van der Waals surface area contributed by atoms with Gasteiger partial charge in [0.25, 0.3) is 0 Å². The highest BCUT2D eigenvalue weighted by Gasteiger charge is 2.30. The molecule has 0 aromatic heterocycles. The van der Waals surface area contributed by atoms with Gasteiger partial charge in [-0.1, -0.05) is 17.9 Å². The molecular weight excluding hydrogens is 259 g/mol. The van der Waals surface area contributed by atoms with E-state index in [1.54, 1.807) is 0 Å². The summed E-state index contributed by atoms with van der Waals surface area (Å²) < 4.78 is 41.9. The topological polar surface area (TPSA) is 38.3 Å². The van der Waals surface area contributed by atoms with Crippen LogP contribution in [0.3, 0.4) is 0 Å². The number of nitrogens with one attached hydrogen (secondary N) is 1. The van der Waals surface area contributed by atoms with Gasteiger partial charge in [0.1, 0.15) is 6.61 Å². The maximum atomic E-state index is 12.4. The molecule has 6 heteroatoms. The molecule has 0 unspecified atom stereocenters. The van der Waals surface area contributed by atoms with Crippen molar-refractivity contribution in [1.29, 1.82) is 0 Å². The Kier molecular flexibility index (Phi) is 5.39. The number of benzene rings is 1. The molecule has 19 heavy (non-hydrogen) atoms. The summed E-state index contributed by atoms with van der Waals surface area (Å²) in [7, 11) is 1.38. The molecule has 0 atom stereocenters. The zero-order valence-electron chi connectivity index (χ0n) is 10.2. The highest BCUT2D eigenvalue weighted by atomic mass is 19.4. The summed E-state index contributed by atoms with van der Waals surface area (Å²) in [6, 6.07) is 4.70. The lowest BCUT2D eigenvalue weighted by Gasteiger charge is -2.05. The minimum atomic E-state index is -4.38. The summed E-state index contributed by atoms with van der Waals surface area (Å²) in [5.41, 5.74) is -0.501. The molecule has 0 saturated carbocycles. The van der Waals surface area contributed by atoms with Gasteiger partial charge in [0.2, 0.25) is 5.91 Å². The van der Waals surface area contributed by atoms with E-state index in [1.807, 2.05) is 0 Å². The van der Waals surface area contributed by atoms with Crippen LogP contribution in [0.5, 0.6) is 0 Å². The van der Waals surface area contributed by atoms with E-state index in [9.17, 15) is 18.0 Å². The molecule has 1 aromatic carbocycles. The Morgan fingerprint density at radius 2 is 2.16 bits per heavy atom. The van der Waals surface area contributed by atoms with Crippen molar-refractivity contribution in [2.75, 3.05) is 20.3 Å². The number of methoxy groups -OCH3 is 1. The monoisotopic (exact) mass is 271 g/mol. The van der Waals surface area contributed by atoms with E-state index < -0.39 is 11.7 Å². The van der Waals surface area contributed by atoms with Crippen molar-refractivity contribution in [2.24, 2.45) is 0 Å². The smallest absolute Gasteiger partial charge is 0.375 e. The lowest BCUT2D eigenvalue weighted by Crippen LogP contribution is -2.27. The van der Waals surface area contributed by atoms with Crippen molar-refractivity contribution in [2.45, 2.75) is 6.18 Å². The number of carbonyl (C=O) groups is 1. The van der Waals surface area contributed by atoms with Crippen molar-refractivity contribution >= 4 is 5.91 Å². The third-order valence-corrected chi connectivity index (χ3v) is 2.07. The number of alkyl halides is 3. The second-order valence-corrected chi connectivity index (χ2v) is 3.59. The Bertz CT molecular complexity index is 501. The predicted molar refractivity (Wildman–Crippen MR) is 63.2 cm³/mol. The Morgan fingerprint density at radius 1 is 1.42 bits per heavy atom. The van der Waals surface area contributed by atoms with E-state index in [-0.39, 0.29) is 24.6 Å². The van der Waals surface area contributed by atoms with Crippen LogP contribution in [-0.2, 0) is 15.7 Å². The molecule has 0 heterocycles. The average Bonchev–Trinajstić information content (AvgIpc) is 2.34. The fourth-order valence-corrected chi connectivity index (χ4v) is 1.24. The van der Waals surface area contributed by atoms with Crippen molar-refractivity contribution < 1.29 is 22.7 Å². The molecule has 1 amide bonds. The van der Waals surface area contributed by atoms with Gasteiger partial charge in [-0.25, -0.2) is 0 Å². The predicted octanol–water partition coefficient (Wildman–Crippen LogP) is 1.82. The van der Waals surface area contributed by atoms with Crippen LogP contribution in [-0.4, -0.2) is 26.2 Å². The molecule has 0 aliphatic heterocycles. The summed E-state index contributed by atoms with van der Waals surface area (Å²) in [4.78, 5) is 11.0. The van der Waals surface area contributed by atoms with Gasteiger partial charge < -0.3 is 10.1 Å². The zero-order valence-corrected chi connectivity index (χ0v) is 10.2. The first-order valence-corrected chi connectivity index (χ1v) is 5.35. The molecule has 102 valence electrons. The van der Waals surface area contributed by atoms with Gasteiger partial charge in [-0.15, -0.1) is 0 Å². The van der Waals surface area contributed by atoms with E-state index in [0.717, 1.165) is 12.1 Å². The van der Waals surface area contributed by atoms with Gasteiger partial charge in [0.15, 0.2) is 0 Å². The molecule has 1 rings (SSSR count). The van der Waals surface area contributed by atoms with Crippen LogP contribution >= 0.6 is 0 Å². The minimum absolute atomic E-state index is 0.0540. The number of ether oxygens (including phenoxy) is 1. The summed E-state index contributed by atoms with van der Waals surface area (Å²) in [5, 5.41) is 2.44. The SMILES string of the molecule is COCC(=O)NCC#Cc1cccc(C(F)(F)F)c1. The molecule has 0 bridgehead atoms. The highest BCUT2D eigenvalue weighted by Crippen LogP contribution is 2.29. The van der Waals surface area contributed by atoms with Gasteiger partial charge in [-0.05, 0) is 18.2 Å². The van der Waals surface area contributed by atoms with E-state index in [4.69, 9.17) is 0 Å². The molecule has 0 saturated heterocycles. The first kappa shape index (κ1) is 15.1. The number of halogens is 3. The summed E-state index contributed by atoms with van der Waals surface area (Å²) in [6.45, 7) is -0.0241. The molecule has 0 fully saturated rings. The second kappa shape index (κ2) is 6.81. The maximum Gasteiger partial charge on any atom is 0.416 e. The Labute approximate surface area is 108 Å². The molecular formula is C13H12F3NO2. The van der Waals surface area contributed by atoms with Crippen LogP contribution < -0.4 is 5.32 Å². The Morgan fingerprint density at radius 3 is 2.79 bits per heavy atom. The normalized spacial score (nSPS) is 10.5. The van der Waals surface area contributed by atoms with Gasteiger partial charge in [0, 0.05) is 12.7 Å². The lowest BCUT2D eigenvalue weighted by atomic mass is 10.1. The first-order chi connectivity index (χ1) is 8.93. The Hall–Kier alpha value is -2.00. The second-order valence-electron chi connectivity index (χ2n) is 3.59.